The molecule has 3 heterocycles. The highest BCUT2D eigenvalue weighted by Gasteiger charge is 2.22. The van der Waals surface area contributed by atoms with Crippen LogP contribution in [-0.2, 0) is 17.0 Å². The number of thioether (sulfide) groups is 1. The molecule has 3 aromatic heterocycles. The van der Waals surface area contributed by atoms with E-state index < -0.39 is 5.97 Å². The van der Waals surface area contributed by atoms with E-state index in [1.54, 1.807) is 29.8 Å². The second-order valence-corrected chi connectivity index (χ2v) is 10.6. The molecule has 0 aliphatic heterocycles. The summed E-state index contributed by atoms with van der Waals surface area (Å²) in [4.78, 5) is 32.8. The van der Waals surface area contributed by atoms with Crippen molar-refractivity contribution in [3.63, 3.8) is 0 Å². The lowest BCUT2D eigenvalue weighted by atomic mass is 10.2. The number of hydrogen-bond donors (Lipinski definition) is 0. The number of fused-ring (bicyclic) bond motifs is 1. The highest BCUT2D eigenvalue weighted by molar-refractivity contribution is 9.10. The first-order valence-electron chi connectivity index (χ1n) is 9.58. The number of carbonyl (C=O) groups is 1. The number of carbonyl (C=O) groups excluding carboxylic acids is 1. The van der Waals surface area contributed by atoms with Crippen LogP contribution >= 0.6 is 50.4 Å². The van der Waals surface area contributed by atoms with Gasteiger partial charge in [0.2, 0.25) is 0 Å². The van der Waals surface area contributed by atoms with Crippen molar-refractivity contribution in [1.29, 1.82) is 0 Å². The Balaban J connectivity index is 1.80. The highest BCUT2D eigenvalue weighted by atomic mass is 79.9. The molecule has 0 N–H and O–H groups in total. The zero-order chi connectivity index (χ0) is 22.0. The first-order chi connectivity index (χ1) is 15.0. The summed E-state index contributed by atoms with van der Waals surface area (Å²) in [6.45, 7) is 4.29. The lowest BCUT2D eigenvalue weighted by Gasteiger charge is -2.11. The van der Waals surface area contributed by atoms with E-state index in [-0.39, 0.29) is 12.2 Å². The van der Waals surface area contributed by atoms with Gasteiger partial charge in [-0.3, -0.25) is 9.36 Å². The van der Waals surface area contributed by atoms with Crippen molar-refractivity contribution in [2.75, 3.05) is 6.61 Å². The van der Waals surface area contributed by atoms with Crippen molar-refractivity contribution < 1.29 is 9.53 Å². The van der Waals surface area contributed by atoms with Crippen molar-refractivity contribution in [3.05, 3.63) is 77.5 Å². The van der Waals surface area contributed by atoms with E-state index in [0.717, 1.165) is 14.9 Å². The van der Waals surface area contributed by atoms with Crippen LogP contribution in [0.15, 0.2) is 56.2 Å². The van der Waals surface area contributed by atoms with Crippen molar-refractivity contribution in [1.82, 2.24) is 9.55 Å². The Bertz CT molecular complexity index is 1300. The molecule has 0 radical (unpaired) electrons. The third-order valence-corrected chi connectivity index (χ3v) is 8.19. The van der Waals surface area contributed by atoms with Crippen LogP contribution in [0.3, 0.4) is 0 Å². The molecule has 0 aliphatic carbocycles. The van der Waals surface area contributed by atoms with E-state index >= 15 is 0 Å². The fraction of sp³-hybridized carbons (Fsp3) is 0.227. The standard InChI is InChI=1S/C22H19BrN2O3S3/c1-3-28-21(27)18-13(2)17-19(31-18)24-22(30-12-14-6-4-7-15(23)10-14)25(20(17)26)11-16-8-5-9-29-16/h4-10H,3,11-12H2,1-2H3. The van der Waals surface area contributed by atoms with Crippen LogP contribution in [-0.4, -0.2) is 22.1 Å². The Labute approximate surface area is 200 Å². The molecular weight excluding hydrogens is 516 g/mol. The Kier molecular flexibility index (Phi) is 6.95. The molecule has 0 atom stereocenters. The molecule has 0 spiro atoms. The lowest BCUT2D eigenvalue weighted by molar-refractivity contribution is 0.0531. The van der Waals surface area contributed by atoms with E-state index in [9.17, 15) is 9.59 Å². The van der Waals surface area contributed by atoms with Gasteiger partial charge in [0.05, 0.1) is 18.5 Å². The number of thiophene rings is 2. The van der Waals surface area contributed by atoms with E-state index in [1.807, 2.05) is 35.7 Å². The number of halogens is 1. The van der Waals surface area contributed by atoms with Crippen LogP contribution in [0.2, 0.25) is 0 Å². The first-order valence-corrected chi connectivity index (χ1v) is 13.1. The molecular formula is C22H19BrN2O3S3. The Hall–Kier alpha value is -1.94. The molecule has 4 aromatic rings. The topological polar surface area (TPSA) is 61.2 Å². The summed E-state index contributed by atoms with van der Waals surface area (Å²) >= 11 is 7.85. The van der Waals surface area contributed by atoms with Crippen molar-refractivity contribution in [3.8, 4) is 0 Å². The molecule has 31 heavy (non-hydrogen) atoms. The normalized spacial score (nSPS) is 11.2. The van der Waals surface area contributed by atoms with Crippen LogP contribution in [0.25, 0.3) is 10.2 Å². The largest absolute Gasteiger partial charge is 0.462 e. The third-order valence-electron chi connectivity index (χ3n) is 4.63. The van der Waals surface area contributed by atoms with Gasteiger partial charge in [0.25, 0.3) is 5.56 Å². The van der Waals surface area contributed by atoms with Gasteiger partial charge in [-0.05, 0) is 48.6 Å². The minimum Gasteiger partial charge on any atom is -0.462 e. The first kappa shape index (κ1) is 22.3. The predicted molar refractivity (Wildman–Crippen MR) is 132 cm³/mol. The summed E-state index contributed by atoms with van der Waals surface area (Å²) in [7, 11) is 0. The lowest BCUT2D eigenvalue weighted by Crippen LogP contribution is -2.23. The second kappa shape index (κ2) is 9.68. The van der Waals surface area contributed by atoms with E-state index in [0.29, 0.717) is 38.1 Å². The summed E-state index contributed by atoms with van der Waals surface area (Å²) in [5.74, 6) is 0.271. The average Bonchev–Trinajstić information content (AvgIpc) is 3.37. The number of rotatable bonds is 7. The van der Waals surface area contributed by atoms with Crippen molar-refractivity contribution >= 4 is 66.6 Å². The number of esters is 1. The number of benzene rings is 1. The molecule has 0 amide bonds. The Morgan fingerprint density at radius 1 is 1.29 bits per heavy atom. The van der Waals surface area contributed by atoms with Gasteiger partial charge in [-0.15, -0.1) is 22.7 Å². The van der Waals surface area contributed by atoms with E-state index in [4.69, 9.17) is 9.72 Å². The SMILES string of the molecule is CCOC(=O)c1sc2nc(SCc3cccc(Br)c3)n(Cc3cccs3)c(=O)c2c1C. The highest BCUT2D eigenvalue weighted by Crippen LogP contribution is 2.31. The average molecular weight is 536 g/mol. The fourth-order valence-corrected chi connectivity index (χ4v) is 6.37. The monoisotopic (exact) mass is 534 g/mol. The molecule has 0 bridgehead atoms. The summed E-state index contributed by atoms with van der Waals surface area (Å²) in [6.07, 6.45) is 0. The number of hydrogen-bond acceptors (Lipinski definition) is 7. The fourth-order valence-electron chi connectivity index (χ4n) is 3.17. The van der Waals surface area contributed by atoms with Gasteiger partial charge in [0.1, 0.15) is 9.71 Å². The van der Waals surface area contributed by atoms with Gasteiger partial charge in [-0.2, -0.15) is 0 Å². The molecule has 0 saturated heterocycles. The van der Waals surface area contributed by atoms with Gasteiger partial charge in [-0.1, -0.05) is 45.9 Å². The summed E-state index contributed by atoms with van der Waals surface area (Å²) in [6, 6.07) is 12.1. The van der Waals surface area contributed by atoms with Crippen LogP contribution in [0.4, 0.5) is 0 Å². The van der Waals surface area contributed by atoms with Crippen LogP contribution in [0.1, 0.15) is 32.6 Å². The summed E-state index contributed by atoms with van der Waals surface area (Å²) in [5.41, 5.74) is 1.64. The molecule has 0 unspecified atom stereocenters. The zero-order valence-corrected chi connectivity index (χ0v) is 20.9. The van der Waals surface area contributed by atoms with Crippen molar-refractivity contribution in [2.24, 2.45) is 0 Å². The maximum atomic E-state index is 13.5. The zero-order valence-electron chi connectivity index (χ0n) is 16.9. The van der Waals surface area contributed by atoms with Crippen LogP contribution < -0.4 is 5.56 Å². The molecule has 160 valence electrons. The number of aromatic nitrogens is 2. The molecule has 1 aromatic carbocycles. The maximum absolute atomic E-state index is 13.5. The molecule has 0 fully saturated rings. The third kappa shape index (κ3) is 4.79. The molecule has 4 rings (SSSR count). The molecule has 9 heteroatoms. The van der Waals surface area contributed by atoms with Gasteiger partial charge < -0.3 is 4.74 Å². The minimum atomic E-state index is -0.407. The maximum Gasteiger partial charge on any atom is 0.348 e. The molecule has 5 nitrogen and oxygen atoms in total. The second-order valence-electron chi connectivity index (χ2n) is 6.74. The Morgan fingerprint density at radius 2 is 2.13 bits per heavy atom. The van der Waals surface area contributed by atoms with Crippen molar-refractivity contribution in [2.45, 2.75) is 31.3 Å². The number of aryl methyl sites for hydroxylation is 1. The summed E-state index contributed by atoms with van der Waals surface area (Å²) < 4.78 is 7.89. The van der Waals surface area contributed by atoms with Gasteiger partial charge in [0, 0.05) is 15.1 Å². The Morgan fingerprint density at radius 3 is 2.84 bits per heavy atom. The van der Waals surface area contributed by atoms with Gasteiger partial charge >= 0.3 is 5.97 Å². The minimum absolute atomic E-state index is 0.126. The summed E-state index contributed by atoms with van der Waals surface area (Å²) in [5, 5.41) is 3.13. The predicted octanol–water partition coefficient (Wildman–Crippen LogP) is 6.11. The van der Waals surface area contributed by atoms with Crippen LogP contribution in [0, 0.1) is 6.92 Å². The van der Waals surface area contributed by atoms with Gasteiger partial charge in [0.15, 0.2) is 5.16 Å². The smallest absolute Gasteiger partial charge is 0.348 e. The van der Waals surface area contributed by atoms with E-state index in [2.05, 4.69) is 22.0 Å². The molecule has 0 aliphatic rings. The number of ether oxygens (including phenoxy) is 1. The quantitative estimate of drug-likeness (QED) is 0.162. The number of nitrogens with zero attached hydrogens (tertiary/aromatic N) is 2. The van der Waals surface area contributed by atoms with Gasteiger partial charge in [-0.25, -0.2) is 9.78 Å². The molecule has 0 saturated carbocycles. The van der Waals surface area contributed by atoms with E-state index in [1.165, 1.54) is 23.1 Å². The van der Waals surface area contributed by atoms with Crippen LogP contribution in [0.5, 0.6) is 0 Å².